The Hall–Kier alpha value is -4.31. The molecule has 2 aliphatic rings. The Labute approximate surface area is 289 Å². The number of carbonyl (C=O) groups is 3. The van der Waals surface area contributed by atoms with Crippen molar-refractivity contribution in [3.63, 3.8) is 0 Å². The number of aliphatic hydroxyl groups is 2. The van der Waals surface area contributed by atoms with Gasteiger partial charge in [0.05, 0.1) is 29.9 Å². The summed E-state index contributed by atoms with van der Waals surface area (Å²) in [6.45, 7) is 6.81. The van der Waals surface area contributed by atoms with Crippen LogP contribution in [-0.2, 0) is 20.6 Å². The zero-order valence-electron chi connectivity index (χ0n) is 27.6. The number of halogens is 10. The van der Waals surface area contributed by atoms with Crippen molar-refractivity contribution in [3.05, 3.63) is 52.7 Å². The van der Waals surface area contributed by atoms with Gasteiger partial charge in [-0.05, 0) is 43.9 Å². The van der Waals surface area contributed by atoms with Crippen molar-refractivity contribution < 1.29 is 78.7 Å². The number of piperazine rings is 1. The second-order valence-electron chi connectivity index (χ2n) is 12.3. The maximum absolute atomic E-state index is 14.4. The number of carboxylic acids is 2. The van der Waals surface area contributed by atoms with Crippen LogP contribution in [-0.4, -0.2) is 110 Å². The van der Waals surface area contributed by atoms with E-state index in [2.05, 4.69) is 15.3 Å². The number of rotatable bonds is 7. The molecule has 3 atom stereocenters. The van der Waals surface area contributed by atoms with Gasteiger partial charge < -0.3 is 35.5 Å². The van der Waals surface area contributed by atoms with Gasteiger partial charge in [-0.2, -0.15) is 39.5 Å². The molecular formula is C30H35F10N5O7. The lowest BCUT2D eigenvalue weighted by Gasteiger charge is -2.38. The number of amides is 1. The van der Waals surface area contributed by atoms with Crippen LogP contribution in [0, 0.1) is 5.82 Å². The van der Waals surface area contributed by atoms with Crippen LogP contribution in [0.5, 0.6) is 0 Å². The van der Waals surface area contributed by atoms with E-state index in [9.17, 15) is 58.9 Å². The molecule has 0 unspecified atom stereocenters. The van der Waals surface area contributed by atoms with Crippen LogP contribution < -0.4 is 10.2 Å². The molecule has 1 aliphatic heterocycles. The first-order valence-corrected chi connectivity index (χ1v) is 15.1. The average Bonchev–Trinajstić information content (AvgIpc) is 3.33. The van der Waals surface area contributed by atoms with Crippen molar-refractivity contribution in [2.24, 2.45) is 0 Å². The SMILES string of the molecule is C[C@@H]1C[C@@H](O)c2ncnc(N3CCN(C(=O)[C@H](CNC(C)(C)CO)c4ccc(C(F)(F)F)c(F)c4)CC3)c21.O=C(O)C(F)(F)F.O=C(O)C(F)(F)F. The van der Waals surface area contributed by atoms with E-state index in [1.165, 1.54) is 6.33 Å². The number of alkyl halides is 9. The summed E-state index contributed by atoms with van der Waals surface area (Å²) in [5, 5.41) is 37.2. The summed E-state index contributed by atoms with van der Waals surface area (Å²) < 4.78 is 117. The van der Waals surface area contributed by atoms with Gasteiger partial charge in [0.1, 0.15) is 18.0 Å². The maximum atomic E-state index is 14.4. The van der Waals surface area contributed by atoms with Gasteiger partial charge in [0.2, 0.25) is 5.91 Å². The number of nitrogens with zero attached hydrogens (tertiary/aromatic N) is 4. The van der Waals surface area contributed by atoms with Gasteiger partial charge in [-0.15, -0.1) is 0 Å². The van der Waals surface area contributed by atoms with E-state index >= 15 is 0 Å². The number of hydrogen-bond acceptors (Lipinski definition) is 9. The summed E-state index contributed by atoms with van der Waals surface area (Å²) >= 11 is 0. The minimum atomic E-state index is -5.08. The number of carboxylic acid groups (broad SMARTS) is 2. The smallest absolute Gasteiger partial charge is 0.475 e. The van der Waals surface area contributed by atoms with Gasteiger partial charge in [0, 0.05) is 43.8 Å². The third kappa shape index (κ3) is 11.9. The number of aromatic nitrogens is 2. The molecule has 5 N–H and O–H groups in total. The lowest BCUT2D eigenvalue weighted by atomic mass is 9.94. The van der Waals surface area contributed by atoms with Gasteiger partial charge in [0.15, 0.2) is 0 Å². The van der Waals surface area contributed by atoms with Crippen LogP contribution in [0.4, 0.5) is 49.7 Å². The molecule has 0 saturated carbocycles. The summed E-state index contributed by atoms with van der Waals surface area (Å²) in [6, 6.07) is 2.56. The van der Waals surface area contributed by atoms with Gasteiger partial charge in [-0.1, -0.05) is 13.0 Å². The molecule has 2 heterocycles. The van der Waals surface area contributed by atoms with Crippen LogP contribution in [0.3, 0.4) is 0 Å². The molecule has 2 aromatic rings. The number of carbonyl (C=O) groups excluding carboxylic acids is 1. The first kappa shape index (κ1) is 43.9. The molecule has 1 aromatic carbocycles. The normalized spacial score (nSPS) is 18.4. The van der Waals surface area contributed by atoms with E-state index < -0.39 is 59.4 Å². The fourth-order valence-corrected chi connectivity index (χ4v) is 5.07. The van der Waals surface area contributed by atoms with E-state index in [-0.39, 0.29) is 30.5 Å². The molecule has 1 aromatic heterocycles. The van der Waals surface area contributed by atoms with Crippen molar-refractivity contribution in [2.45, 2.75) is 69.2 Å². The molecule has 292 valence electrons. The Morgan fingerprint density at radius 2 is 1.44 bits per heavy atom. The summed E-state index contributed by atoms with van der Waals surface area (Å²) in [5.74, 6) is -7.42. The predicted molar refractivity (Wildman–Crippen MR) is 160 cm³/mol. The molecular weight excluding hydrogens is 732 g/mol. The molecule has 0 bridgehead atoms. The van der Waals surface area contributed by atoms with Crippen LogP contribution in [0.25, 0.3) is 0 Å². The number of nitrogens with one attached hydrogen (secondary N) is 1. The first-order chi connectivity index (χ1) is 23.7. The molecule has 1 saturated heterocycles. The predicted octanol–water partition coefficient (Wildman–Crippen LogP) is 4.23. The average molecular weight is 768 g/mol. The van der Waals surface area contributed by atoms with Gasteiger partial charge in [-0.25, -0.2) is 23.9 Å². The summed E-state index contributed by atoms with van der Waals surface area (Å²) in [4.78, 5) is 43.8. The number of aliphatic hydroxyl groups excluding tert-OH is 2. The minimum absolute atomic E-state index is 0.00618. The highest BCUT2D eigenvalue weighted by molar-refractivity contribution is 5.84. The molecule has 4 rings (SSSR count). The van der Waals surface area contributed by atoms with Gasteiger partial charge in [0.25, 0.3) is 0 Å². The molecule has 0 spiro atoms. The number of benzene rings is 1. The standard InChI is InChI=1S/C26H33F4N5O3.2C2HF3O2/c1-15-10-20(37)22-21(15)23(32-14-31-22)34-6-8-35(9-7-34)24(38)17(12-33-25(2,3)13-36)16-4-5-18(19(27)11-16)26(28,29)30;2*3-2(4,5)1(6)7/h4-5,11,14-15,17,20,33,36-37H,6-10,12-13H2,1-3H3;2*(H,6,7)/t15-,17-,20-;;/m1../s1. The molecule has 22 heteroatoms. The highest BCUT2D eigenvalue weighted by atomic mass is 19.4. The fraction of sp³-hybridized carbons (Fsp3) is 0.567. The number of anilines is 1. The lowest BCUT2D eigenvalue weighted by Crippen LogP contribution is -2.52. The van der Waals surface area contributed by atoms with Crippen LogP contribution in [0.1, 0.15) is 67.5 Å². The maximum Gasteiger partial charge on any atom is 0.490 e. The third-order valence-electron chi connectivity index (χ3n) is 7.83. The molecule has 52 heavy (non-hydrogen) atoms. The van der Waals surface area contributed by atoms with Crippen molar-refractivity contribution in [3.8, 4) is 0 Å². The first-order valence-electron chi connectivity index (χ1n) is 15.1. The highest BCUT2D eigenvalue weighted by Crippen LogP contribution is 2.43. The van der Waals surface area contributed by atoms with Gasteiger partial charge >= 0.3 is 30.5 Å². The zero-order valence-corrected chi connectivity index (χ0v) is 27.6. The van der Waals surface area contributed by atoms with E-state index in [1.807, 2.05) is 11.8 Å². The monoisotopic (exact) mass is 767 g/mol. The highest BCUT2D eigenvalue weighted by Gasteiger charge is 2.40. The Balaban J connectivity index is 0.000000564. The van der Waals surface area contributed by atoms with E-state index in [1.54, 1.807) is 18.7 Å². The summed E-state index contributed by atoms with van der Waals surface area (Å²) in [7, 11) is 0. The second-order valence-corrected chi connectivity index (χ2v) is 12.3. The van der Waals surface area contributed by atoms with E-state index in [4.69, 9.17) is 19.8 Å². The minimum Gasteiger partial charge on any atom is -0.475 e. The summed E-state index contributed by atoms with van der Waals surface area (Å²) in [5.41, 5.74) is -0.477. The van der Waals surface area contributed by atoms with Crippen LogP contribution in [0.2, 0.25) is 0 Å². The van der Waals surface area contributed by atoms with Crippen molar-refractivity contribution in [1.29, 1.82) is 0 Å². The Morgan fingerprint density at radius 1 is 0.923 bits per heavy atom. The second kappa shape index (κ2) is 17.0. The van der Waals surface area contributed by atoms with Crippen molar-refractivity contribution in [2.75, 3.05) is 44.2 Å². The quantitative estimate of drug-likeness (QED) is 0.255. The van der Waals surface area contributed by atoms with E-state index in [0.29, 0.717) is 44.4 Å². The molecule has 0 radical (unpaired) electrons. The number of hydrogen-bond donors (Lipinski definition) is 5. The Morgan fingerprint density at radius 3 is 1.88 bits per heavy atom. The fourth-order valence-electron chi connectivity index (χ4n) is 5.07. The molecule has 12 nitrogen and oxygen atoms in total. The summed E-state index contributed by atoms with van der Waals surface area (Å²) in [6.07, 6.45) is -13.6. The van der Waals surface area contributed by atoms with Crippen molar-refractivity contribution in [1.82, 2.24) is 20.2 Å². The molecule has 1 aliphatic carbocycles. The molecule has 1 fully saturated rings. The zero-order chi connectivity index (χ0) is 40.0. The van der Waals surface area contributed by atoms with E-state index in [0.717, 1.165) is 23.5 Å². The largest absolute Gasteiger partial charge is 0.490 e. The Bertz CT molecular complexity index is 1540. The molecule has 1 amide bonds. The van der Waals surface area contributed by atoms with Crippen molar-refractivity contribution >= 4 is 23.7 Å². The number of fused-ring (bicyclic) bond motifs is 1. The third-order valence-corrected chi connectivity index (χ3v) is 7.83. The van der Waals surface area contributed by atoms with Gasteiger partial charge in [-0.3, -0.25) is 4.79 Å². The topological polar surface area (TPSA) is 176 Å². The number of aliphatic carboxylic acids is 2. The van der Waals surface area contributed by atoms with Crippen LogP contribution in [0.15, 0.2) is 24.5 Å². The lowest BCUT2D eigenvalue weighted by molar-refractivity contribution is -0.193. The van der Waals surface area contributed by atoms with Crippen LogP contribution >= 0.6 is 0 Å². The Kier molecular flexibility index (Phi) is 14.3.